The number of Topliss-reactive ketones (excluding diaryl/α,β-unsaturated/α-hetero) is 1. The van der Waals surface area contributed by atoms with Crippen molar-refractivity contribution in [2.75, 3.05) is 13.2 Å². The summed E-state index contributed by atoms with van der Waals surface area (Å²) in [5.41, 5.74) is 2.28. The van der Waals surface area contributed by atoms with Crippen molar-refractivity contribution in [3.05, 3.63) is 107 Å². The summed E-state index contributed by atoms with van der Waals surface area (Å²) in [6.45, 7) is 6.80. The first kappa shape index (κ1) is 26.7. The van der Waals surface area contributed by atoms with E-state index in [9.17, 15) is 19.5 Å². The Kier molecular flexibility index (Phi) is 8.26. The van der Waals surface area contributed by atoms with Gasteiger partial charge in [0.05, 0.1) is 30.4 Å². The normalized spacial score (nSPS) is 16.6. The predicted molar refractivity (Wildman–Crippen MR) is 143 cm³/mol. The molecule has 1 aliphatic rings. The van der Waals surface area contributed by atoms with Gasteiger partial charge in [-0.2, -0.15) is 0 Å². The quantitative estimate of drug-likeness (QED) is 0.175. The largest absolute Gasteiger partial charge is 0.507 e. The van der Waals surface area contributed by atoms with Crippen molar-refractivity contribution < 1.29 is 29.0 Å². The monoisotopic (exact) mass is 513 g/mol. The lowest BCUT2D eigenvalue weighted by Gasteiger charge is -2.25. The molecule has 0 aliphatic carbocycles. The third-order valence-electron chi connectivity index (χ3n) is 6.18. The number of ether oxygens (including phenoxy) is 2. The smallest absolute Gasteiger partial charge is 0.338 e. The number of hydrogen-bond donors (Lipinski definition) is 1. The van der Waals surface area contributed by atoms with Gasteiger partial charge in [-0.25, -0.2) is 4.79 Å². The van der Waals surface area contributed by atoms with Gasteiger partial charge in [0.1, 0.15) is 11.5 Å². The number of likely N-dealkylation sites (tertiary alicyclic amines) is 1. The highest BCUT2D eigenvalue weighted by Crippen LogP contribution is 2.40. The number of aliphatic hydroxyl groups excluding tert-OH is 1. The average molecular weight is 514 g/mol. The van der Waals surface area contributed by atoms with Gasteiger partial charge in [0.15, 0.2) is 0 Å². The molecule has 1 heterocycles. The first-order chi connectivity index (χ1) is 18.3. The van der Waals surface area contributed by atoms with Crippen LogP contribution in [-0.4, -0.2) is 40.9 Å². The van der Waals surface area contributed by atoms with Crippen molar-refractivity contribution >= 4 is 23.4 Å². The maximum absolute atomic E-state index is 13.3. The molecule has 1 atom stereocenters. The lowest BCUT2D eigenvalue weighted by Crippen LogP contribution is -2.29. The van der Waals surface area contributed by atoms with E-state index in [2.05, 4.69) is 13.8 Å². The molecule has 7 nitrogen and oxygen atoms in total. The van der Waals surface area contributed by atoms with E-state index >= 15 is 0 Å². The van der Waals surface area contributed by atoms with Crippen molar-refractivity contribution in [2.45, 2.75) is 33.4 Å². The molecule has 7 heteroatoms. The van der Waals surface area contributed by atoms with E-state index < -0.39 is 23.7 Å². The van der Waals surface area contributed by atoms with Crippen molar-refractivity contribution in [1.82, 2.24) is 4.90 Å². The first-order valence-electron chi connectivity index (χ1n) is 12.6. The van der Waals surface area contributed by atoms with Crippen LogP contribution < -0.4 is 4.74 Å². The Bertz CT molecular complexity index is 1330. The van der Waals surface area contributed by atoms with Crippen LogP contribution in [0.5, 0.6) is 5.75 Å². The van der Waals surface area contributed by atoms with E-state index in [0.29, 0.717) is 35.0 Å². The van der Waals surface area contributed by atoms with Gasteiger partial charge in [-0.05, 0) is 60.4 Å². The minimum Gasteiger partial charge on any atom is -0.507 e. The Morgan fingerprint density at radius 2 is 1.55 bits per heavy atom. The molecule has 3 aromatic rings. The van der Waals surface area contributed by atoms with Crippen molar-refractivity contribution in [3.63, 3.8) is 0 Å². The van der Waals surface area contributed by atoms with Crippen LogP contribution in [0.25, 0.3) is 5.76 Å². The minimum atomic E-state index is -0.780. The van der Waals surface area contributed by atoms with Gasteiger partial charge in [0.25, 0.3) is 11.7 Å². The molecule has 0 bridgehead atoms. The van der Waals surface area contributed by atoms with Gasteiger partial charge in [-0.3, -0.25) is 9.59 Å². The number of aliphatic hydroxyl groups is 1. The zero-order valence-corrected chi connectivity index (χ0v) is 21.7. The van der Waals surface area contributed by atoms with Crippen LogP contribution >= 0.6 is 0 Å². The molecule has 4 rings (SSSR count). The molecule has 1 aliphatic heterocycles. The fraction of sp³-hybridized carbons (Fsp3) is 0.258. The van der Waals surface area contributed by atoms with E-state index in [1.165, 1.54) is 4.90 Å². The number of carbonyl (C=O) groups is 3. The fourth-order valence-corrected chi connectivity index (χ4v) is 4.31. The summed E-state index contributed by atoms with van der Waals surface area (Å²) in [5, 5.41) is 11.3. The van der Waals surface area contributed by atoms with Gasteiger partial charge < -0.3 is 19.5 Å². The van der Waals surface area contributed by atoms with Crippen molar-refractivity contribution in [1.29, 1.82) is 0 Å². The van der Waals surface area contributed by atoms with Gasteiger partial charge >= 0.3 is 5.97 Å². The minimum absolute atomic E-state index is 0.0280. The van der Waals surface area contributed by atoms with E-state index in [0.717, 1.165) is 5.56 Å². The zero-order chi connectivity index (χ0) is 27.2. The fourth-order valence-electron chi connectivity index (χ4n) is 4.31. The highest BCUT2D eigenvalue weighted by atomic mass is 16.5. The van der Waals surface area contributed by atoms with Gasteiger partial charge in [-0.15, -0.1) is 0 Å². The number of amides is 1. The molecular weight excluding hydrogens is 482 g/mol. The summed E-state index contributed by atoms with van der Waals surface area (Å²) >= 11 is 0. The van der Waals surface area contributed by atoms with Gasteiger partial charge in [0.2, 0.25) is 0 Å². The highest BCUT2D eigenvalue weighted by Gasteiger charge is 2.46. The number of ketones is 1. The Hall–Kier alpha value is -4.39. The third-order valence-corrected chi connectivity index (χ3v) is 6.18. The summed E-state index contributed by atoms with van der Waals surface area (Å²) in [6.07, 6.45) is 0. The molecule has 196 valence electrons. The summed E-state index contributed by atoms with van der Waals surface area (Å²) < 4.78 is 10.8. The van der Waals surface area contributed by atoms with Crippen LogP contribution in [0.4, 0.5) is 0 Å². The molecule has 0 radical (unpaired) electrons. The van der Waals surface area contributed by atoms with Crippen LogP contribution in [0.3, 0.4) is 0 Å². The second kappa shape index (κ2) is 11.8. The van der Waals surface area contributed by atoms with Crippen LogP contribution in [0.1, 0.15) is 53.9 Å². The molecule has 0 spiro atoms. The van der Waals surface area contributed by atoms with Gasteiger partial charge in [-0.1, -0.05) is 56.3 Å². The van der Waals surface area contributed by atoms with Crippen LogP contribution in [0, 0.1) is 5.92 Å². The van der Waals surface area contributed by atoms with Crippen LogP contribution in [-0.2, 0) is 20.9 Å². The molecule has 1 unspecified atom stereocenters. The van der Waals surface area contributed by atoms with Crippen molar-refractivity contribution in [2.24, 2.45) is 5.92 Å². The second-order valence-electron chi connectivity index (χ2n) is 9.48. The SMILES string of the molecule is CCOC(=O)c1ccc(CN2C(=O)C(=O)/C(=C(/O)c3ccc(OCC(C)C)cc3)C2c2ccccc2)cc1. The number of hydrogen-bond acceptors (Lipinski definition) is 6. The van der Waals surface area contributed by atoms with Crippen molar-refractivity contribution in [3.8, 4) is 5.75 Å². The number of nitrogens with zero attached hydrogens (tertiary/aromatic N) is 1. The lowest BCUT2D eigenvalue weighted by atomic mass is 9.95. The zero-order valence-electron chi connectivity index (χ0n) is 21.7. The molecular formula is C31H31NO6. The molecule has 1 amide bonds. The Labute approximate surface area is 222 Å². The lowest BCUT2D eigenvalue weighted by molar-refractivity contribution is -0.140. The number of benzene rings is 3. The van der Waals surface area contributed by atoms with Gasteiger partial charge in [0, 0.05) is 12.1 Å². The topological polar surface area (TPSA) is 93.1 Å². The van der Waals surface area contributed by atoms with E-state index in [1.54, 1.807) is 55.5 Å². The third kappa shape index (κ3) is 5.78. The second-order valence-corrected chi connectivity index (χ2v) is 9.48. The first-order valence-corrected chi connectivity index (χ1v) is 12.6. The van der Waals surface area contributed by atoms with E-state index in [4.69, 9.17) is 9.47 Å². The summed E-state index contributed by atoms with van der Waals surface area (Å²) in [5.74, 6) is -1.10. The molecule has 0 saturated carbocycles. The standard InChI is InChI=1S/C31H31NO6/c1-4-37-31(36)24-12-10-21(11-13-24)18-32-27(22-8-6-5-7-9-22)26(29(34)30(32)35)28(33)23-14-16-25(17-15-23)38-19-20(2)3/h5-17,20,27,33H,4,18-19H2,1-3H3/b28-26+. The number of rotatable bonds is 9. The summed E-state index contributed by atoms with van der Waals surface area (Å²) in [6, 6.07) is 21.9. The molecule has 1 fully saturated rings. The summed E-state index contributed by atoms with van der Waals surface area (Å²) in [4.78, 5) is 40.0. The highest BCUT2D eigenvalue weighted by molar-refractivity contribution is 6.46. The molecule has 1 N–H and O–H groups in total. The Morgan fingerprint density at radius 3 is 2.16 bits per heavy atom. The Balaban J connectivity index is 1.68. The molecule has 0 aromatic heterocycles. The number of esters is 1. The average Bonchev–Trinajstić information content (AvgIpc) is 3.17. The molecule has 1 saturated heterocycles. The molecule has 3 aromatic carbocycles. The van der Waals surface area contributed by atoms with E-state index in [1.807, 2.05) is 30.3 Å². The van der Waals surface area contributed by atoms with Crippen LogP contribution in [0.2, 0.25) is 0 Å². The molecule has 38 heavy (non-hydrogen) atoms. The number of carbonyl (C=O) groups excluding carboxylic acids is 3. The summed E-state index contributed by atoms with van der Waals surface area (Å²) in [7, 11) is 0. The Morgan fingerprint density at radius 1 is 0.921 bits per heavy atom. The maximum atomic E-state index is 13.3. The van der Waals surface area contributed by atoms with E-state index in [-0.39, 0.29) is 24.5 Å². The maximum Gasteiger partial charge on any atom is 0.338 e. The van der Waals surface area contributed by atoms with Crippen LogP contribution in [0.15, 0.2) is 84.4 Å². The predicted octanol–water partition coefficient (Wildman–Crippen LogP) is 5.52.